The number of pyridine rings is 1. The minimum absolute atomic E-state index is 0.0351. The number of carbonyl (C=O) groups is 1. The number of nitrogens with zero attached hydrogens (tertiary/aromatic N) is 1. The highest BCUT2D eigenvalue weighted by Gasteiger charge is 2.09. The molecule has 1 aromatic carbocycles. The second-order valence-corrected chi connectivity index (χ2v) is 4.30. The van der Waals surface area contributed by atoms with Crippen LogP contribution in [0.25, 0.3) is 10.9 Å². The summed E-state index contributed by atoms with van der Waals surface area (Å²) in [6.45, 7) is 1.94. The van der Waals surface area contributed by atoms with Gasteiger partial charge in [0.05, 0.1) is 5.52 Å². The van der Waals surface area contributed by atoms with Crippen molar-refractivity contribution in [2.24, 2.45) is 0 Å². The lowest BCUT2D eigenvalue weighted by atomic mass is 10.1. The Hall–Kier alpha value is -1.94. The summed E-state index contributed by atoms with van der Waals surface area (Å²) in [6.07, 6.45) is 2.28. The van der Waals surface area contributed by atoms with Crippen molar-refractivity contribution >= 4 is 16.8 Å². The molecule has 0 fully saturated rings. The highest BCUT2D eigenvalue weighted by molar-refractivity contribution is 5.98. The first kappa shape index (κ1) is 12.5. The molecule has 2 aromatic rings. The molecule has 0 saturated carbocycles. The summed E-state index contributed by atoms with van der Waals surface area (Å²) in [5, 5.41) is 12.6. The van der Waals surface area contributed by atoms with Gasteiger partial charge in [-0.15, -0.1) is 0 Å². The number of carbonyl (C=O) groups excluding carboxylic acids is 1. The van der Waals surface area contributed by atoms with E-state index in [1.165, 1.54) is 0 Å². The summed E-state index contributed by atoms with van der Waals surface area (Å²) >= 11 is 0. The zero-order valence-corrected chi connectivity index (χ0v) is 10.3. The maximum atomic E-state index is 12.0. The van der Waals surface area contributed by atoms with Gasteiger partial charge in [-0.25, -0.2) is 0 Å². The fraction of sp³-hybridized carbons (Fsp3) is 0.286. The van der Waals surface area contributed by atoms with Crippen LogP contribution in [0, 0.1) is 0 Å². The van der Waals surface area contributed by atoms with Crippen LogP contribution < -0.4 is 5.32 Å². The fourth-order valence-electron chi connectivity index (χ4n) is 1.79. The fourth-order valence-corrected chi connectivity index (χ4v) is 1.79. The molecule has 1 aromatic heterocycles. The molecule has 0 saturated heterocycles. The van der Waals surface area contributed by atoms with E-state index in [-0.39, 0.29) is 18.6 Å². The summed E-state index contributed by atoms with van der Waals surface area (Å²) in [5.41, 5.74) is 1.48. The lowest BCUT2D eigenvalue weighted by Gasteiger charge is -2.12. The first-order chi connectivity index (χ1) is 8.70. The predicted molar refractivity (Wildman–Crippen MR) is 70.4 cm³/mol. The Kier molecular flexibility index (Phi) is 3.89. The molecule has 2 rings (SSSR count). The van der Waals surface area contributed by atoms with Crippen LogP contribution in [0.3, 0.4) is 0 Å². The SMILES string of the molecule is CC(CCO)NC(=O)c1ccc2ncccc2c1. The lowest BCUT2D eigenvalue weighted by molar-refractivity contribution is 0.0934. The monoisotopic (exact) mass is 244 g/mol. The standard InChI is InChI=1S/C14H16N2O2/c1-10(6-8-17)16-14(18)12-4-5-13-11(9-12)3-2-7-15-13/h2-5,7,9-10,17H,6,8H2,1H3,(H,16,18). The third-order valence-electron chi connectivity index (χ3n) is 2.80. The van der Waals surface area contributed by atoms with Gasteiger partial charge in [0, 0.05) is 29.8 Å². The number of fused-ring (bicyclic) bond motifs is 1. The van der Waals surface area contributed by atoms with Crippen molar-refractivity contribution in [2.45, 2.75) is 19.4 Å². The molecule has 0 spiro atoms. The van der Waals surface area contributed by atoms with Crippen LogP contribution in [0.2, 0.25) is 0 Å². The number of nitrogens with one attached hydrogen (secondary N) is 1. The molecule has 4 heteroatoms. The van der Waals surface area contributed by atoms with Gasteiger partial charge >= 0.3 is 0 Å². The molecule has 0 aliphatic carbocycles. The van der Waals surface area contributed by atoms with Crippen LogP contribution >= 0.6 is 0 Å². The van der Waals surface area contributed by atoms with E-state index in [1.807, 2.05) is 31.2 Å². The molecule has 0 aliphatic rings. The number of aliphatic hydroxyl groups is 1. The van der Waals surface area contributed by atoms with Gasteiger partial charge in [0.15, 0.2) is 0 Å². The van der Waals surface area contributed by atoms with Gasteiger partial charge in [0.1, 0.15) is 0 Å². The zero-order chi connectivity index (χ0) is 13.0. The topological polar surface area (TPSA) is 62.2 Å². The first-order valence-corrected chi connectivity index (χ1v) is 5.97. The number of hydrogen-bond acceptors (Lipinski definition) is 3. The molecule has 0 radical (unpaired) electrons. The molecular formula is C14H16N2O2. The van der Waals surface area contributed by atoms with Crippen LogP contribution in [0.4, 0.5) is 0 Å². The molecular weight excluding hydrogens is 228 g/mol. The minimum atomic E-state index is -0.123. The van der Waals surface area contributed by atoms with Crippen LogP contribution in [-0.2, 0) is 0 Å². The lowest BCUT2D eigenvalue weighted by Crippen LogP contribution is -2.33. The Bertz CT molecular complexity index is 554. The van der Waals surface area contributed by atoms with Gasteiger partial charge < -0.3 is 10.4 Å². The van der Waals surface area contributed by atoms with Gasteiger partial charge in [-0.2, -0.15) is 0 Å². The van der Waals surface area contributed by atoms with Gasteiger partial charge in [-0.3, -0.25) is 9.78 Å². The highest BCUT2D eigenvalue weighted by Crippen LogP contribution is 2.13. The molecule has 4 nitrogen and oxygen atoms in total. The van der Waals surface area contributed by atoms with Crippen molar-refractivity contribution in [1.82, 2.24) is 10.3 Å². The molecule has 2 N–H and O–H groups in total. The number of benzene rings is 1. The Morgan fingerprint density at radius 2 is 2.28 bits per heavy atom. The number of rotatable bonds is 4. The molecule has 1 amide bonds. The number of amides is 1. The molecule has 18 heavy (non-hydrogen) atoms. The van der Waals surface area contributed by atoms with E-state index >= 15 is 0 Å². The molecule has 0 aliphatic heterocycles. The molecule has 0 bridgehead atoms. The van der Waals surface area contributed by atoms with Crippen LogP contribution in [0.15, 0.2) is 36.5 Å². The van der Waals surface area contributed by atoms with Crippen LogP contribution in [0.5, 0.6) is 0 Å². The number of hydrogen-bond donors (Lipinski definition) is 2. The van der Waals surface area contributed by atoms with Gasteiger partial charge in [-0.05, 0) is 37.6 Å². The molecule has 1 unspecified atom stereocenters. The van der Waals surface area contributed by atoms with Crippen molar-refractivity contribution in [3.63, 3.8) is 0 Å². The normalized spacial score (nSPS) is 12.3. The van der Waals surface area contributed by atoms with E-state index in [2.05, 4.69) is 10.3 Å². The quantitative estimate of drug-likeness (QED) is 0.861. The largest absolute Gasteiger partial charge is 0.396 e. The van der Waals surface area contributed by atoms with E-state index in [0.29, 0.717) is 12.0 Å². The maximum absolute atomic E-state index is 12.0. The second kappa shape index (κ2) is 5.60. The zero-order valence-electron chi connectivity index (χ0n) is 10.3. The third-order valence-corrected chi connectivity index (χ3v) is 2.80. The Balaban J connectivity index is 2.17. The predicted octanol–water partition coefficient (Wildman–Crippen LogP) is 1.74. The summed E-state index contributed by atoms with van der Waals surface area (Å²) in [4.78, 5) is 16.2. The van der Waals surface area contributed by atoms with E-state index in [1.54, 1.807) is 12.3 Å². The third kappa shape index (κ3) is 2.84. The number of aromatic nitrogens is 1. The first-order valence-electron chi connectivity index (χ1n) is 5.97. The van der Waals surface area contributed by atoms with Gasteiger partial charge in [0.2, 0.25) is 0 Å². The van der Waals surface area contributed by atoms with Crippen molar-refractivity contribution in [3.05, 3.63) is 42.1 Å². The minimum Gasteiger partial charge on any atom is -0.396 e. The highest BCUT2D eigenvalue weighted by atomic mass is 16.3. The van der Waals surface area contributed by atoms with E-state index in [9.17, 15) is 4.79 Å². The average Bonchev–Trinajstić information content (AvgIpc) is 2.38. The second-order valence-electron chi connectivity index (χ2n) is 4.30. The summed E-state index contributed by atoms with van der Waals surface area (Å²) in [7, 11) is 0. The Morgan fingerprint density at radius 3 is 3.06 bits per heavy atom. The smallest absolute Gasteiger partial charge is 0.251 e. The molecule has 1 atom stereocenters. The van der Waals surface area contributed by atoms with E-state index in [0.717, 1.165) is 10.9 Å². The van der Waals surface area contributed by atoms with Gasteiger partial charge in [-0.1, -0.05) is 6.07 Å². The summed E-state index contributed by atoms with van der Waals surface area (Å²) in [6, 6.07) is 9.15. The summed E-state index contributed by atoms with van der Waals surface area (Å²) < 4.78 is 0. The Labute approximate surface area is 106 Å². The van der Waals surface area contributed by atoms with Crippen LogP contribution in [-0.4, -0.2) is 28.6 Å². The molecule has 94 valence electrons. The van der Waals surface area contributed by atoms with E-state index in [4.69, 9.17) is 5.11 Å². The van der Waals surface area contributed by atoms with Crippen molar-refractivity contribution in [2.75, 3.05) is 6.61 Å². The van der Waals surface area contributed by atoms with E-state index < -0.39 is 0 Å². The van der Waals surface area contributed by atoms with Gasteiger partial charge in [0.25, 0.3) is 5.91 Å². The Morgan fingerprint density at radius 1 is 1.44 bits per heavy atom. The van der Waals surface area contributed by atoms with Crippen molar-refractivity contribution in [1.29, 1.82) is 0 Å². The number of aliphatic hydroxyl groups excluding tert-OH is 1. The average molecular weight is 244 g/mol. The van der Waals surface area contributed by atoms with Crippen molar-refractivity contribution in [3.8, 4) is 0 Å². The maximum Gasteiger partial charge on any atom is 0.251 e. The summed E-state index contributed by atoms with van der Waals surface area (Å²) in [5.74, 6) is -0.123. The van der Waals surface area contributed by atoms with Crippen molar-refractivity contribution < 1.29 is 9.90 Å². The molecule has 1 heterocycles. The van der Waals surface area contributed by atoms with Crippen LogP contribution in [0.1, 0.15) is 23.7 Å².